The third kappa shape index (κ3) is 4.53. The van der Waals surface area contributed by atoms with Gasteiger partial charge in [-0.1, -0.05) is 36.4 Å². The quantitative estimate of drug-likeness (QED) is 0.674. The molecule has 3 rings (SSSR count). The minimum Gasteiger partial charge on any atom is -0.494 e. The summed E-state index contributed by atoms with van der Waals surface area (Å²) in [4.78, 5) is 0.0549. The van der Waals surface area contributed by atoms with Crippen molar-refractivity contribution in [1.82, 2.24) is 14.5 Å². The number of hydrogen-bond acceptors (Lipinski definition) is 4. The summed E-state index contributed by atoms with van der Waals surface area (Å²) >= 11 is 0. The second kappa shape index (κ2) is 7.89. The van der Waals surface area contributed by atoms with E-state index in [0.717, 1.165) is 5.56 Å². The highest BCUT2D eigenvalue weighted by Crippen LogP contribution is 2.23. The maximum atomic E-state index is 13.9. The summed E-state index contributed by atoms with van der Waals surface area (Å²) in [5.41, 5.74) is 1.51. The topological polar surface area (TPSA) is 73.2 Å². The predicted octanol–water partition coefficient (Wildman–Crippen LogP) is 3.12. The molecule has 1 atom stereocenters. The summed E-state index contributed by atoms with van der Waals surface area (Å²) in [6, 6.07) is 13.3. The van der Waals surface area contributed by atoms with Crippen molar-refractivity contribution in [2.24, 2.45) is 0 Å². The Balaban J connectivity index is 1.74. The van der Waals surface area contributed by atoms with Gasteiger partial charge in [-0.15, -0.1) is 0 Å². The summed E-state index contributed by atoms with van der Waals surface area (Å²) in [7, 11) is -2.42. The molecule has 0 amide bonds. The largest absolute Gasteiger partial charge is 0.494 e. The van der Waals surface area contributed by atoms with Crippen LogP contribution in [0.25, 0.3) is 0 Å². The van der Waals surface area contributed by atoms with Crippen LogP contribution in [0.1, 0.15) is 24.1 Å². The molecule has 6 nitrogen and oxygen atoms in total. The Bertz CT molecular complexity index is 1020. The van der Waals surface area contributed by atoms with Gasteiger partial charge in [-0.05, 0) is 30.2 Å². The van der Waals surface area contributed by atoms with E-state index in [1.165, 1.54) is 31.6 Å². The van der Waals surface area contributed by atoms with Crippen LogP contribution in [0.2, 0.25) is 0 Å². The third-order valence-electron chi connectivity index (χ3n) is 4.12. The van der Waals surface area contributed by atoms with Crippen LogP contribution in [-0.4, -0.2) is 25.3 Å². The maximum absolute atomic E-state index is 13.9. The third-order valence-corrected chi connectivity index (χ3v) is 5.61. The molecule has 0 saturated carbocycles. The molecule has 27 heavy (non-hydrogen) atoms. The molecular weight excluding hydrogens is 369 g/mol. The lowest BCUT2D eigenvalue weighted by molar-refractivity contribution is 0.386. The highest BCUT2D eigenvalue weighted by molar-refractivity contribution is 7.89. The monoisotopic (exact) mass is 389 g/mol. The predicted molar refractivity (Wildman–Crippen MR) is 99.5 cm³/mol. The van der Waals surface area contributed by atoms with Crippen LogP contribution in [0.15, 0.2) is 65.8 Å². The molecule has 0 aliphatic carbocycles. The Hall–Kier alpha value is -2.71. The minimum absolute atomic E-state index is 0.0549. The van der Waals surface area contributed by atoms with E-state index in [1.807, 2.05) is 30.3 Å². The van der Waals surface area contributed by atoms with E-state index in [0.29, 0.717) is 12.1 Å². The van der Waals surface area contributed by atoms with Crippen molar-refractivity contribution in [1.29, 1.82) is 0 Å². The Morgan fingerprint density at radius 2 is 1.96 bits per heavy atom. The van der Waals surface area contributed by atoms with Crippen molar-refractivity contribution in [3.05, 3.63) is 77.9 Å². The second-order valence-electron chi connectivity index (χ2n) is 6.10. The molecule has 0 saturated heterocycles. The van der Waals surface area contributed by atoms with E-state index in [4.69, 9.17) is 4.74 Å². The Kier molecular flexibility index (Phi) is 5.57. The van der Waals surface area contributed by atoms with Crippen LogP contribution in [0.5, 0.6) is 5.75 Å². The van der Waals surface area contributed by atoms with E-state index in [9.17, 15) is 12.8 Å². The van der Waals surface area contributed by atoms with Crippen molar-refractivity contribution >= 4 is 10.0 Å². The fourth-order valence-corrected chi connectivity index (χ4v) is 3.85. The number of hydrogen-bond donors (Lipinski definition) is 1. The lowest BCUT2D eigenvalue weighted by Crippen LogP contribution is -2.26. The van der Waals surface area contributed by atoms with Crippen LogP contribution >= 0.6 is 0 Å². The van der Waals surface area contributed by atoms with E-state index in [-0.39, 0.29) is 10.6 Å². The molecule has 8 heteroatoms. The molecule has 0 radical (unpaired) electrons. The fraction of sp³-hybridized carbons (Fsp3) is 0.211. The maximum Gasteiger partial charge on any atom is 0.244 e. The molecule has 1 aromatic heterocycles. The number of nitrogens with one attached hydrogen (secondary N) is 1. The number of methoxy groups -OCH3 is 1. The fourth-order valence-electron chi connectivity index (χ4n) is 2.66. The van der Waals surface area contributed by atoms with Crippen LogP contribution < -0.4 is 9.46 Å². The van der Waals surface area contributed by atoms with Gasteiger partial charge in [0, 0.05) is 12.2 Å². The highest BCUT2D eigenvalue weighted by Gasteiger charge is 2.21. The van der Waals surface area contributed by atoms with Crippen LogP contribution in [0.4, 0.5) is 4.39 Å². The molecule has 2 aromatic carbocycles. The molecule has 142 valence electrons. The van der Waals surface area contributed by atoms with Gasteiger partial charge in [0.1, 0.15) is 4.90 Å². The number of benzene rings is 2. The first-order chi connectivity index (χ1) is 12.9. The Morgan fingerprint density at radius 1 is 1.22 bits per heavy atom. The van der Waals surface area contributed by atoms with E-state index in [1.54, 1.807) is 17.7 Å². The van der Waals surface area contributed by atoms with Gasteiger partial charge in [-0.3, -0.25) is 4.68 Å². The zero-order valence-electron chi connectivity index (χ0n) is 15.0. The van der Waals surface area contributed by atoms with Crippen molar-refractivity contribution in [3.8, 4) is 5.75 Å². The van der Waals surface area contributed by atoms with Crippen molar-refractivity contribution in [3.63, 3.8) is 0 Å². The molecule has 0 spiro atoms. The Morgan fingerprint density at radius 3 is 2.63 bits per heavy atom. The number of rotatable bonds is 7. The van der Waals surface area contributed by atoms with Crippen LogP contribution in [0, 0.1) is 5.82 Å². The van der Waals surface area contributed by atoms with Gasteiger partial charge in [0.2, 0.25) is 10.0 Å². The molecule has 1 unspecified atom stereocenters. The lowest BCUT2D eigenvalue weighted by atomic mass is 10.1. The molecule has 0 aliphatic rings. The van der Waals surface area contributed by atoms with Gasteiger partial charge in [-0.25, -0.2) is 17.5 Å². The normalized spacial score (nSPS) is 12.7. The number of ether oxygens (including phenoxy) is 1. The number of sulfonamides is 1. The highest BCUT2D eigenvalue weighted by atomic mass is 32.2. The van der Waals surface area contributed by atoms with Crippen molar-refractivity contribution < 1.29 is 17.5 Å². The molecule has 0 aliphatic heterocycles. The number of aromatic nitrogens is 2. The summed E-state index contributed by atoms with van der Waals surface area (Å²) in [5, 5.41) is 4.12. The summed E-state index contributed by atoms with van der Waals surface area (Å²) in [5.74, 6) is -0.437. The average molecular weight is 389 g/mol. The molecule has 1 N–H and O–H groups in total. The summed E-state index contributed by atoms with van der Waals surface area (Å²) < 4.78 is 48.1. The first kappa shape index (κ1) is 19.1. The summed E-state index contributed by atoms with van der Waals surface area (Å²) in [6.45, 7) is 2.11. The van der Waals surface area contributed by atoms with Gasteiger partial charge < -0.3 is 4.74 Å². The van der Waals surface area contributed by atoms with Crippen molar-refractivity contribution in [2.75, 3.05) is 7.11 Å². The van der Waals surface area contributed by atoms with Gasteiger partial charge in [0.25, 0.3) is 0 Å². The first-order valence-electron chi connectivity index (χ1n) is 8.31. The van der Waals surface area contributed by atoms with E-state index < -0.39 is 21.9 Å². The second-order valence-corrected chi connectivity index (χ2v) is 7.81. The molecule has 3 aromatic rings. The van der Waals surface area contributed by atoms with Crippen LogP contribution in [0.3, 0.4) is 0 Å². The zero-order chi connectivity index (χ0) is 19.4. The smallest absolute Gasteiger partial charge is 0.244 e. The van der Waals surface area contributed by atoms with E-state index in [2.05, 4.69) is 9.82 Å². The molecular formula is C19H20FN3O3S. The SMILES string of the molecule is COc1ccc(C(C)NS(=O)(=O)c2cnn(Cc3ccccc3)c2)cc1F. The standard InChI is InChI=1S/C19H20FN3O3S/c1-14(16-8-9-19(26-2)18(20)10-16)22-27(24,25)17-11-21-23(13-17)12-15-6-4-3-5-7-15/h3-11,13-14,22H,12H2,1-2H3. The van der Waals surface area contributed by atoms with Gasteiger partial charge in [0.15, 0.2) is 11.6 Å². The number of halogens is 1. The average Bonchev–Trinajstić information content (AvgIpc) is 3.11. The van der Waals surface area contributed by atoms with E-state index >= 15 is 0 Å². The van der Waals surface area contributed by atoms with Gasteiger partial charge in [0.05, 0.1) is 19.9 Å². The minimum atomic E-state index is -3.79. The van der Waals surface area contributed by atoms with Gasteiger partial charge >= 0.3 is 0 Å². The molecule has 0 fully saturated rings. The number of nitrogens with zero attached hydrogens (tertiary/aromatic N) is 2. The summed E-state index contributed by atoms with van der Waals surface area (Å²) in [6.07, 6.45) is 2.77. The zero-order valence-corrected chi connectivity index (χ0v) is 15.8. The Labute approximate surface area is 157 Å². The van der Waals surface area contributed by atoms with Gasteiger partial charge in [-0.2, -0.15) is 5.10 Å². The lowest BCUT2D eigenvalue weighted by Gasteiger charge is -2.14. The van der Waals surface area contributed by atoms with Crippen molar-refractivity contribution in [2.45, 2.75) is 24.4 Å². The molecule has 1 heterocycles. The molecule has 0 bridgehead atoms. The van der Waals surface area contributed by atoms with Crippen LogP contribution in [-0.2, 0) is 16.6 Å². The first-order valence-corrected chi connectivity index (χ1v) is 9.79.